The van der Waals surface area contributed by atoms with E-state index in [-0.39, 0.29) is 12.0 Å². The molecule has 4 heteroatoms. The average molecular weight is 296 g/mol. The summed E-state index contributed by atoms with van der Waals surface area (Å²) in [6.45, 7) is 13.8. The molecule has 0 aromatic rings. The molecule has 3 rings (SSSR count). The molecule has 0 aliphatic carbocycles. The summed E-state index contributed by atoms with van der Waals surface area (Å²) >= 11 is 0. The van der Waals surface area contributed by atoms with E-state index in [1.165, 1.54) is 32.5 Å². The second kappa shape index (κ2) is 6.15. The van der Waals surface area contributed by atoms with Crippen molar-refractivity contribution in [1.29, 1.82) is 0 Å². The highest BCUT2D eigenvalue weighted by Crippen LogP contribution is 2.41. The Morgan fingerprint density at radius 1 is 1.19 bits per heavy atom. The fourth-order valence-corrected chi connectivity index (χ4v) is 4.75. The number of rotatable bonds is 5. The molecular weight excluding hydrogens is 264 g/mol. The van der Waals surface area contributed by atoms with E-state index >= 15 is 0 Å². The van der Waals surface area contributed by atoms with Crippen molar-refractivity contribution in [3.05, 3.63) is 0 Å². The lowest BCUT2D eigenvalue weighted by Gasteiger charge is -2.37. The van der Waals surface area contributed by atoms with Gasteiger partial charge in [0.2, 0.25) is 0 Å². The summed E-state index contributed by atoms with van der Waals surface area (Å²) < 4.78 is 5.67. The quantitative estimate of drug-likeness (QED) is 0.833. The van der Waals surface area contributed by atoms with Crippen molar-refractivity contribution in [1.82, 2.24) is 9.80 Å². The van der Waals surface area contributed by atoms with Gasteiger partial charge in [0.05, 0.1) is 13.2 Å². The Morgan fingerprint density at radius 2 is 1.90 bits per heavy atom. The molecule has 3 fully saturated rings. The van der Waals surface area contributed by atoms with Crippen LogP contribution in [0.4, 0.5) is 0 Å². The van der Waals surface area contributed by atoms with Crippen molar-refractivity contribution in [3.63, 3.8) is 0 Å². The number of aliphatic hydroxyl groups is 1. The van der Waals surface area contributed by atoms with Crippen molar-refractivity contribution in [2.75, 3.05) is 59.1 Å². The molecule has 0 bridgehead atoms. The van der Waals surface area contributed by atoms with E-state index in [1.807, 2.05) is 0 Å². The normalized spacial score (nSPS) is 35.3. The molecule has 3 aliphatic rings. The Labute approximate surface area is 129 Å². The fraction of sp³-hybridized carbons (Fsp3) is 1.00. The maximum Gasteiger partial charge on any atom is 0.0559 e. The summed E-state index contributed by atoms with van der Waals surface area (Å²) in [6, 6.07) is 0. The Hall–Kier alpha value is -0.160. The monoisotopic (exact) mass is 296 g/mol. The van der Waals surface area contributed by atoms with Crippen LogP contribution in [0.1, 0.15) is 33.1 Å². The highest BCUT2D eigenvalue weighted by Gasteiger charge is 2.48. The lowest BCUT2D eigenvalue weighted by atomic mass is 9.76. The van der Waals surface area contributed by atoms with Crippen LogP contribution in [0, 0.1) is 16.7 Å². The molecule has 21 heavy (non-hydrogen) atoms. The lowest BCUT2D eigenvalue weighted by Crippen LogP contribution is -2.44. The summed E-state index contributed by atoms with van der Waals surface area (Å²) in [5, 5.41) is 9.88. The first-order chi connectivity index (χ1) is 10.0. The zero-order valence-electron chi connectivity index (χ0n) is 13.8. The van der Waals surface area contributed by atoms with Gasteiger partial charge in [0.15, 0.2) is 0 Å². The van der Waals surface area contributed by atoms with Crippen LogP contribution >= 0.6 is 0 Å². The van der Waals surface area contributed by atoms with Gasteiger partial charge in [-0.3, -0.25) is 0 Å². The van der Waals surface area contributed by atoms with Crippen LogP contribution in [0.15, 0.2) is 0 Å². The van der Waals surface area contributed by atoms with Gasteiger partial charge in [-0.15, -0.1) is 0 Å². The van der Waals surface area contributed by atoms with Crippen molar-refractivity contribution in [2.24, 2.45) is 16.7 Å². The molecule has 0 aromatic heterocycles. The molecule has 0 aromatic carbocycles. The molecule has 0 amide bonds. The number of fused-ring (bicyclic) bond motifs is 1. The molecule has 0 saturated carbocycles. The maximum atomic E-state index is 9.88. The van der Waals surface area contributed by atoms with Gasteiger partial charge in [0, 0.05) is 38.2 Å². The van der Waals surface area contributed by atoms with Gasteiger partial charge >= 0.3 is 0 Å². The maximum absolute atomic E-state index is 9.88. The molecular formula is C17H32N2O2. The highest BCUT2D eigenvalue weighted by atomic mass is 16.5. The predicted octanol–water partition coefficient (Wildman–Crippen LogP) is 1.44. The fourth-order valence-electron chi connectivity index (χ4n) is 4.75. The third-order valence-corrected chi connectivity index (χ3v) is 5.70. The first-order valence-corrected chi connectivity index (χ1v) is 8.66. The number of aliphatic hydroxyl groups excluding tert-OH is 1. The van der Waals surface area contributed by atoms with E-state index in [2.05, 4.69) is 23.6 Å². The number of hydrogen-bond acceptors (Lipinski definition) is 4. The van der Waals surface area contributed by atoms with Crippen LogP contribution in [-0.2, 0) is 4.74 Å². The van der Waals surface area contributed by atoms with Gasteiger partial charge in [0.1, 0.15) is 0 Å². The molecule has 0 radical (unpaired) electrons. The van der Waals surface area contributed by atoms with Crippen LogP contribution in [0.3, 0.4) is 0 Å². The minimum atomic E-state index is 0.0158. The first kappa shape index (κ1) is 15.7. The average Bonchev–Trinajstić information content (AvgIpc) is 3.04. The minimum Gasteiger partial charge on any atom is -0.396 e. The van der Waals surface area contributed by atoms with E-state index in [0.717, 1.165) is 39.3 Å². The van der Waals surface area contributed by atoms with Gasteiger partial charge in [-0.2, -0.15) is 0 Å². The molecule has 122 valence electrons. The van der Waals surface area contributed by atoms with Crippen LogP contribution in [0.2, 0.25) is 0 Å². The van der Waals surface area contributed by atoms with Crippen LogP contribution in [0.25, 0.3) is 0 Å². The third-order valence-electron chi connectivity index (χ3n) is 5.70. The topological polar surface area (TPSA) is 35.9 Å². The van der Waals surface area contributed by atoms with E-state index in [4.69, 9.17) is 4.74 Å². The zero-order valence-corrected chi connectivity index (χ0v) is 13.8. The van der Waals surface area contributed by atoms with Crippen molar-refractivity contribution in [2.45, 2.75) is 33.1 Å². The van der Waals surface area contributed by atoms with Gasteiger partial charge in [0.25, 0.3) is 0 Å². The number of likely N-dealkylation sites (tertiary alicyclic amines) is 2. The summed E-state index contributed by atoms with van der Waals surface area (Å²) in [4.78, 5) is 5.21. The van der Waals surface area contributed by atoms with Gasteiger partial charge in [-0.25, -0.2) is 0 Å². The van der Waals surface area contributed by atoms with E-state index in [1.54, 1.807) is 0 Å². The third kappa shape index (κ3) is 3.44. The largest absolute Gasteiger partial charge is 0.396 e. The van der Waals surface area contributed by atoms with E-state index < -0.39 is 0 Å². The molecule has 0 spiro atoms. The van der Waals surface area contributed by atoms with Crippen LogP contribution in [0.5, 0.6) is 0 Å². The number of ether oxygens (including phenoxy) is 1. The molecule has 3 saturated heterocycles. The minimum absolute atomic E-state index is 0.0158. The summed E-state index contributed by atoms with van der Waals surface area (Å²) in [7, 11) is 0. The van der Waals surface area contributed by atoms with Crippen LogP contribution in [-0.4, -0.2) is 74.0 Å². The Balaban J connectivity index is 1.57. The SMILES string of the molecule is CC(C)(CN1CCCC1)CN1C[C@@H]2CCOC[C@]2(CO)C1. The number of nitrogens with zero attached hydrogens (tertiary/aromatic N) is 2. The molecule has 0 unspecified atom stereocenters. The summed E-state index contributed by atoms with van der Waals surface area (Å²) in [5.74, 6) is 0.624. The summed E-state index contributed by atoms with van der Waals surface area (Å²) in [6.07, 6.45) is 3.85. The van der Waals surface area contributed by atoms with E-state index in [0.29, 0.717) is 11.3 Å². The van der Waals surface area contributed by atoms with Crippen molar-refractivity contribution < 1.29 is 9.84 Å². The van der Waals surface area contributed by atoms with Gasteiger partial charge in [-0.05, 0) is 43.7 Å². The van der Waals surface area contributed by atoms with E-state index in [9.17, 15) is 5.11 Å². The predicted molar refractivity (Wildman–Crippen MR) is 84.3 cm³/mol. The molecule has 3 heterocycles. The van der Waals surface area contributed by atoms with Gasteiger partial charge in [-0.1, -0.05) is 13.8 Å². The molecule has 3 aliphatic heterocycles. The Morgan fingerprint density at radius 3 is 2.57 bits per heavy atom. The zero-order chi connectivity index (χ0) is 14.9. The molecule has 2 atom stereocenters. The summed E-state index contributed by atoms with van der Waals surface area (Å²) in [5.41, 5.74) is 0.345. The highest BCUT2D eigenvalue weighted by molar-refractivity contribution is 4.99. The van der Waals surface area contributed by atoms with Gasteiger partial charge < -0.3 is 19.6 Å². The smallest absolute Gasteiger partial charge is 0.0559 e. The van der Waals surface area contributed by atoms with Crippen molar-refractivity contribution in [3.8, 4) is 0 Å². The lowest BCUT2D eigenvalue weighted by molar-refractivity contribution is -0.0564. The second-order valence-corrected chi connectivity index (χ2v) is 8.38. The Kier molecular flexibility index (Phi) is 4.60. The second-order valence-electron chi connectivity index (χ2n) is 8.38. The standard InChI is InChI=1S/C17H32N2O2/c1-16(2,10-18-6-3-4-7-18)11-19-9-15-5-8-21-14-17(15,12-19)13-20/h15,20H,3-14H2,1-2H3/t15-,17+/m0/s1. The molecule has 1 N–H and O–H groups in total. The molecule has 4 nitrogen and oxygen atoms in total. The van der Waals surface area contributed by atoms with Crippen molar-refractivity contribution >= 4 is 0 Å². The van der Waals surface area contributed by atoms with Crippen LogP contribution < -0.4 is 0 Å². The Bertz CT molecular complexity index is 355. The number of hydrogen-bond donors (Lipinski definition) is 1. The first-order valence-electron chi connectivity index (χ1n) is 8.66.